The summed E-state index contributed by atoms with van der Waals surface area (Å²) in [6.07, 6.45) is 5.27. The number of carbonyl (C=O) groups excluding carboxylic acids is 1. The first kappa shape index (κ1) is 22.4. The Kier molecular flexibility index (Phi) is 5.86. The molecule has 1 N–H and O–H groups in total. The number of nitrogens with zero attached hydrogens (tertiary/aromatic N) is 2. The zero-order valence-corrected chi connectivity index (χ0v) is 22.1. The van der Waals surface area contributed by atoms with Crippen LogP contribution in [0.25, 0.3) is 28.0 Å². The summed E-state index contributed by atoms with van der Waals surface area (Å²) < 4.78 is 6.59. The van der Waals surface area contributed by atoms with Crippen molar-refractivity contribution >= 4 is 49.1 Å². The lowest BCUT2D eigenvalue weighted by molar-refractivity contribution is 0.102. The van der Waals surface area contributed by atoms with Gasteiger partial charge in [-0.05, 0) is 66.8 Å². The molecule has 1 amide bonds. The Morgan fingerprint density at radius 3 is 2.14 bits per heavy atom. The third kappa shape index (κ3) is 4.05. The lowest BCUT2D eigenvalue weighted by atomic mass is 9.98. The standard InChI is InChI=1S/C29H23Br2N3O/c30-21-13-9-19(10-14-21)25-18-34-27(28(35)32-23-6-2-1-3-7-23)26(20-11-15-22(31)16-12-20)24-8-4-5-17-33(25)29(24)34/h1-3,6-7,9-16,18H,4-5,8,17H2,(H,32,35). The molecule has 6 rings (SSSR count). The second kappa shape index (κ2) is 9.17. The topological polar surface area (TPSA) is 38.4 Å². The zero-order valence-electron chi connectivity index (χ0n) is 19.0. The van der Waals surface area contributed by atoms with Crippen molar-refractivity contribution < 1.29 is 4.79 Å². The predicted molar refractivity (Wildman–Crippen MR) is 149 cm³/mol. The normalized spacial score (nSPS) is 13.1. The van der Waals surface area contributed by atoms with Gasteiger partial charge in [-0.25, -0.2) is 0 Å². The molecule has 1 aliphatic rings. The van der Waals surface area contributed by atoms with E-state index in [1.165, 1.54) is 5.56 Å². The Morgan fingerprint density at radius 1 is 0.800 bits per heavy atom. The molecular weight excluding hydrogens is 566 g/mol. The minimum atomic E-state index is -0.101. The van der Waals surface area contributed by atoms with Crippen LogP contribution >= 0.6 is 31.9 Å². The molecule has 0 atom stereocenters. The van der Waals surface area contributed by atoms with Crippen LogP contribution in [0.5, 0.6) is 0 Å². The summed E-state index contributed by atoms with van der Waals surface area (Å²) in [5.41, 5.74) is 8.19. The summed E-state index contributed by atoms with van der Waals surface area (Å²) in [6, 6.07) is 26.3. The fourth-order valence-corrected chi connectivity index (χ4v) is 5.63. The molecule has 1 aliphatic heterocycles. The highest BCUT2D eigenvalue weighted by atomic mass is 79.9. The Balaban J connectivity index is 1.62. The molecular formula is C29H23Br2N3O. The molecule has 4 nitrogen and oxygen atoms in total. The van der Waals surface area contributed by atoms with Crippen LogP contribution in [-0.2, 0) is 13.0 Å². The smallest absolute Gasteiger partial charge is 0.273 e. The number of anilines is 1. The van der Waals surface area contributed by atoms with Gasteiger partial charge in [0.25, 0.3) is 5.91 Å². The van der Waals surface area contributed by atoms with Gasteiger partial charge in [-0.2, -0.15) is 0 Å². The number of hydrogen-bond donors (Lipinski definition) is 1. The lowest BCUT2D eigenvalue weighted by Crippen LogP contribution is -2.15. The van der Waals surface area contributed by atoms with Crippen molar-refractivity contribution in [2.75, 3.05) is 5.32 Å². The molecule has 0 fully saturated rings. The first-order valence-corrected chi connectivity index (χ1v) is 13.3. The Hall–Kier alpha value is -3.09. The van der Waals surface area contributed by atoms with Crippen LogP contribution in [0.3, 0.4) is 0 Å². The lowest BCUT2D eigenvalue weighted by Gasteiger charge is -2.10. The van der Waals surface area contributed by atoms with E-state index in [1.54, 1.807) is 0 Å². The van der Waals surface area contributed by atoms with Crippen LogP contribution in [0.1, 0.15) is 28.9 Å². The van der Waals surface area contributed by atoms with Crippen LogP contribution in [0, 0.1) is 0 Å². The van der Waals surface area contributed by atoms with Gasteiger partial charge in [0, 0.05) is 38.5 Å². The highest BCUT2D eigenvalue weighted by molar-refractivity contribution is 9.10. The molecule has 2 aromatic heterocycles. The number of para-hydroxylation sites is 1. The maximum absolute atomic E-state index is 13.9. The minimum absolute atomic E-state index is 0.101. The Morgan fingerprint density at radius 2 is 1.46 bits per heavy atom. The third-order valence-electron chi connectivity index (χ3n) is 6.65. The van der Waals surface area contributed by atoms with Gasteiger partial charge in [0.1, 0.15) is 11.3 Å². The van der Waals surface area contributed by atoms with E-state index in [1.807, 2.05) is 42.5 Å². The van der Waals surface area contributed by atoms with E-state index in [4.69, 9.17) is 0 Å². The fourth-order valence-electron chi connectivity index (χ4n) is 5.10. The van der Waals surface area contributed by atoms with Crippen molar-refractivity contribution in [3.8, 4) is 22.4 Å². The molecule has 174 valence electrons. The van der Waals surface area contributed by atoms with Gasteiger partial charge in [-0.1, -0.05) is 74.3 Å². The van der Waals surface area contributed by atoms with Crippen molar-refractivity contribution in [2.24, 2.45) is 0 Å². The number of halogens is 2. The molecule has 0 aliphatic carbocycles. The van der Waals surface area contributed by atoms with Gasteiger partial charge < -0.3 is 9.88 Å². The molecule has 5 aromatic rings. The van der Waals surface area contributed by atoms with Crippen molar-refractivity contribution in [3.05, 3.63) is 105 Å². The third-order valence-corrected chi connectivity index (χ3v) is 7.71. The second-order valence-electron chi connectivity index (χ2n) is 8.85. The number of amides is 1. The van der Waals surface area contributed by atoms with Gasteiger partial charge in [-0.3, -0.25) is 9.20 Å². The number of aryl methyl sites for hydroxylation is 2. The molecule has 0 spiro atoms. The molecule has 0 bridgehead atoms. The number of nitrogens with one attached hydrogen (secondary N) is 1. The van der Waals surface area contributed by atoms with Gasteiger partial charge >= 0.3 is 0 Å². The Labute approximate surface area is 220 Å². The van der Waals surface area contributed by atoms with Crippen LogP contribution < -0.4 is 5.32 Å². The fraction of sp³-hybridized carbons (Fsp3) is 0.138. The number of hydrogen-bond acceptors (Lipinski definition) is 1. The van der Waals surface area contributed by atoms with Crippen LogP contribution in [-0.4, -0.2) is 14.9 Å². The van der Waals surface area contributed by atoms with E-state index in [9.17, 15) is 4.79 Å². The molecule has 6 heteroatoms. The van der Waals surface area contributed by atoms with Gasteiger partial charge in [0.05, 0.1) is 5.69 Å². The molecule has 0 unspecified atom stereocenters. The average molecular weight is 589 g/mol. The van der Waals surface area contributed by atoms with E-state index in [-0.39, 0.29) is 5.91 Å². The van der Waals surface area contributed by atoms with Crippen LogP contribution in [0.2, 0.25) is 0 Å². The maximum atomic E-state index is 13.9. The second-order valence-corrected chi connectivity index (χ2v) is 10.7. The van der Waals surface area contributed by atoms with E-state index in [0.29, 0.717) is 5.69 Å². The molecule has 3 aromatic carbocycles. The molecule has 0 saturated heterocycles. The largest absolute Gasteiger partial charge is 0.325 e. The summed E-state index contributed by atoms with van der Waals surface area (Å²) in [5, 5.41) is 3.14. The van der Waals surface area contributed by atoms with Crippen molar-refractivity contribution in [2.45, 2.75) is 25.8 Å². The number of aromatic nitrogens is 2. The van der Waals surface area contributed by atoms with Crippen LogP contribution in [0.15, 0.2) is 94.0 Å². The number of rotatable bonds is 4. The van der Waals surface area contributed by atoms with E-state index in [2.05, 4.69) is 88.7 Å². The quantitative estimate of drug-likeness (QED) is 0.226. The van der Waals surface area contributed by atoms with Crippen LogP contribution in [0.4, 0.5) is 5.69 Å². The number of imidazole rings is 1. The van der Waals surface area contributed by atoms with E-state index in [0.717, 1.165) is 68.5 Å². The predicted octanol–water partition coefficient (Wildman–Crippen LogP) is 8.19. The summed E-state index contributed by atoms with van der Waals surface area (Å²) >= 11 is 7.11. The summed E-state index contributed by atoms with van der Waals surface area (Å²) in [5.74, 6) is -0.101. The molecule has 35 heavy (non-hydrogen) atoms. The van der Waals surface area contributed by atoms with E-state index < -0.39 is 0 Å². The van der Waals surface area contributed by atoms with Gasteiger partial charge in [-0.15, -0.1) is 0 Å². The van der Waals surface area contributed by atoms with Gasteiger partial charge in [0.2, 0.25) is 0 Å². The Bertz CT molecular complexity index is 1530. The highest BCUT2D eigenvalue weighted by Crippen LogP contribution is 2.40. The average Bonchev–Trinajstić information content (AvgIpc) is 3.28. The summed E-state index contributed by atoms with van der Waals surface area (Å²) in [6.45, 7) is 0.929. The van der Waals surface area contributed by atoms with Crippen molar-refractivity contribution in [1.82, 2.24) is 8.97 Å². The first-order valence-electron chi connectivity index (χ1n) is 11.7. The minimum Gasteiger partial charge on any atom is -0.325 e. The molecule has 0 radical (unpaired) electrons. The first-order chi connectivity index (χ1) is 17.1. The van der Waals surface area contributed by atoms with Crippen molar-refractivity contribution in [1.29, 1.82) is 0 Å². The molecule has 0 saturated carbocycles. The summed E-state index contributed by atoms with van der Waals surface area (Å²) in [7, 11) is 0. The summed E-state index contributed by atoms with van der Waals surface area (Å²) in [4.78, 5) is 13.9. The monoisotopic (exact) mass is 587 g/mol. The SMILES string of the molecule is O=C(Nc1ccccc1)c1c(-c2ccc(Br)cc2)c2c3n(c(-c4ccc(Br)cc4)cn13)CCCC2. The maximum Gasteiger partial charge on any atom is 0.273 e. The molecule has 3 heterocycles. The number of carbonyl (C=O) groups is 1. The van der Waals surface area contributed by atoms with Gasteiger partial charge in [0.15, 0.2) is 0 Å². The van der Waals surface area contributed by atoms with Crippen molar-refractivity contribution in [3.63, 3.8) is 0 Å². The van der Waals surface area contributed by atoms with E-state index >= 15 is 0 Å². The highest BCUT2D eigenvalue weighted by Gasteiger charge is 2.29. The number of benzene rings is 3. The zero-order chi connectivity index (χ0) is 23.9.